The maximum absolute atomic E-state index is 12.7. The van der Waals surface area contributed by atoms with E-state index >= 15 is 0 Å². The molecule has 94 valence electrons. The van der Waals surface area contributed by atoms with Crippen molar-refractivity contribution < 1.29 is 13.2 Å². The minimum Gasteiger partial charge on any atom is -0.382 e. The summed E-state index contributed by atoms with van der Waals surface area (Å²) in [5.41, 5.74) is 3.49. The molecule has 0 unspecified atom stereocenters. The van der Waals surface area contributed by atoms with Crippen LogP contribution in [0, 0.1) is 0 Å². The lowest BCUT2D eigenvalue weighted by Crippen LogP contribution is -2.39. The molecular formula is C9H8Cl2F3N3. The fourth-order valence-electron chi connectivity index (χ4n) is 1.40. The average Bonchev–Trinajstić information content (AvgIpc) is 2.94. The standard InChI is InChI=1S/C9H8Cl2F3N3/c10-4-3-5(11)7(16-6(4)15)17-8(1-2-8)9(12,13)14/h3H,1-2H2,(H3,15,16,17). The molecular weight excluding hydrogens is 278 g/mol. The van der Waals surface area contributed by atoms with E-state index in [0.717, 1.165) is 0 Å². The Balaban J connectivity index is 2.29. The molecule has 1 saturated carbocycles. The van der Waals surface area contributed by atoms with Crippen LogP contribution in [0.5, 0.6) is 0 Å². The van der Waals surface area contributed by atoms with Gasteiger partial charge in [0, 0.05) is 0 Å². The second-order valence-electron chi connectivity index (χ2n) is 3.89. The Kier molecular flexibility index (Phi) is 2.82. The average molecular weight is 286 g/mol. The molecule has 0 saturated heterocycles. The molecule has 0 aliphatic heterocycles. The fraction of sp³-hybridized carbons (Fsp3) is 0.444. The highest BCUT2D eigenvalue weighted by atomic mass is 35.5. The van der Waals surface area contributed by atoms with E-state index in [1.54, 1.807) is 0 Å². The zero-order valence-electron chi connectivity index (χ0n) is 8.41. The van der Waals surface area contributed by atoms with Crippen molar-refractivity contribution in [1.82, 2.24) is 4.98 Å². The van der Waals surface area contributed by atoms with E-state index in [2.05, 4.69) is 10.3 Å². The van der Waals surface area contributed by atoms with Gasteiger partial charge >= 0.3 is 6.18 Å². The van der Waals surface area contributed by atoms with Crippen molar-refractivity contribution in [1.29, 1.82) is 0 Å². The second kappa shape index (κ2) is 3.81. The quantitative estimate of drug-likeness (QED) is 0.875. The van der Waals surface area contributed by atoms with E-state index in [0.29, 0.717) is 0 Å². The van der Waals surface area contributed by atoms with Crippen LogP contribution in [-0.2, 0) is 0 Å². The number of aromatic nitrogens is 1. The molecule has 1 aromatic heterocycles. The Morgan fingerprint density at radius 3 is 2.35 bits per heavy atom. The lowest BCUT2D eigenvalue weighted by molar-refractivity contribution is -0.151. The van der Waals surface area contributed by atoms with Crippen LogP contribution < -0.4 is 11.1 Å². The van der Waals surface area contributed by atoms with Crippen molar-refractivity contribution in [2.45, 2.75) is 24.6 Å². The zero-order valence-corrected chi connectivity index (χ0v) is 9.92. The molecule has 0 bridgehead atoms. The predicted octanol–water partition coefficient (Wildman–Crippen LogP) is 3.48. The van der Waals surface area contributed by atoms with Gasteiger partial charge in [-0.2, -0.15) is 13.2 Å². The number of alkyl halides is 3. The molecule has 0 spiro atoms. The van der Waals surface area contributed by atoms with Gasteiger partial charge in [0.1, 0.15) is 17.2 Å². The van der Waals surface area contributed by atoms with Crippen LogP contribution in [0.3, 0.4) is 0 Å². The normalized spacial score (nSPS) is 17.9. The molecule has 1 aromatic rings. The molecule has 1 aliphatic rings. The third-order valence-corrected chi connectivity index (χ3v) is 3.20. The largest absolute Gasteiger partial charge is 0.411 e. The van der Waals surface area contributed by atoms with Gasteiger partial charge < -0.3 is 11.1 Å². The summed E-state index contributed by atoms with van der Waals surface area (Å²) in [6.45, 7) is 0. The zero-order chi connectivity index (χ0) is 12.8. The summed E-state index contributed by atoms with van der Waals surface area (Å²) in [6, 6.07) is 1.26. The van der Waals surface area contributed by atoms with Crippen LogP contribution in [0.4, 0.5) is 24.8 Å². The number of halogens is 5. The Bertz CT molecular complexity index is 458. The van der Waals surface area contributed by atoms with Crippen LogP contribution >= 0.6 is 23.2 Å². The number of nitrogen functional groups attached to an aromatic ring is 1. The lowest BCUT2D eigenvalue weighted by Gasteiger charge is -2.22. The first kappa shape index (κ1) is 12.6. The molecule has 3 N–H and O–H groups in total. The van der Waals surface area contributed by atoms with Crippen molar-refractivity contribution in [3.8, 4) is 0 Å². The first-order valence-electron chi connectivity index (χ1n) is 4.72. The van der Waals surface area contributed by atoms with Crippen molar-refractivity contribution in [2.24, 2.45) is 0 Å². The number of nitrogens with two attached hydrogens (primary N) is 1. The van der Waals surface area contributed by atoms with Gasteiger partial charge in [0.15, 0.2) is 0 Å². The molecule has 0 aromatic carbocycles. The number of rotatable bonds is 2. The minimum absolute atomic E-state index is 0.00294. The van der Waals surface area contributed by atoms with Crippen LogP contribution in [0.25, 0.3) is 0 Å². The number of nitrogens with zero attached hydrogens (tertiary/aromatic N) is 1. The predicted molar refractivity (Wildman–Crippen MR) is 60.3 cm³/mol. The molecule has 0 atom stereocenters. The molecule has 0 amide bonds. The number of nitrogens with one attached hydrogen (secondary N) is 1. The molecule has 1 aliphatic carbocycles. The number of hydrogen-bond donors (Lipinski definition) is 2. The maximum Gasteiger partial charge on any atom is 0.411 e. The maximum atomic E-state index is 12.7. The van der Waals surface area contributed by atoms with Gasteiger partial charge in [0.2, 0.25) is 0 Å². The van der Waals surface area contributed by atoms with Crippen LogP contribution in [0.2, 0.25) is 10.0 Å². The van der Waals surface area contributed by atoms with E-state index in [1.807, 2.05) is 0 Å². The van der Waals surface area contributed by atoms with Gasteiger partial charge in [-0.25, -0.2) is 4.98 Å². The Hall–Kier alpha value is -0.880. The molecule has 0 radical (unpaired) electrons. The van der Waals surface area contributed by atoms with Crippen molar-refractivity contribution in [3.05, 3.63) is 16.1 Å². The highest BCUT2D eigenvalue weighted by Crippen LogP contribution is 2.51. The summed E-state index contributed by atoms with van der Waals surface area (Å²) in [7, 11) is 0. The van der Waals surface area contributed by atoms with Crippen molar-refractivity contribution in [3.63, 3.8) is 0 Å². The van der Waals surface area contributed by atoms with Crippen LogP contribution in [0.15, 0.2) is 6.07 Å². The minimum atomic E-state index is -4.34. The molecule has 2 rings (SSSR count). The summed E-state index contributed by atoms with van der Waals surface area (Å²) < 4.78 is 38.1. The molecule has 8 heteroatoms. The molecule has 1 fully saturated rings. The number of hydrogen-bond acceptors (Lipinski definition) is 3. The van der Waals surface area contributed by atoms with Gasteiger partial charge in [0.25, 0.3) is 0 Å². The summed E-state index contributed by atoms with van der Waals surface area (Å²) in [6.07, 6.45) is -4.35. The van der Waals surface area contributed by atoms with Gasteiger partial charge in [-0.3, -0.25) is 0 Å². The van der Waals surface area contributed by atoms with Crippen molar-refractivity contribution >= 4 is 34.8 Å². The summed E-state index contributed by atoms with van der Waals surface area (Å²) in [4.78, 5) is 3.71. The van der Waals surface area contributed by atoms with Gasteiger partial charge in [-0.05, 0) is 18.9 Å². The molecule has 3 nitrogen and oxygen atoms in total. The molecule has 1 heterocycles. The Morgan fingerprint density at radius 2 is 1.88 bits per heavy atom. The van der Waals surface area contributed by atoms with E-state index in [-0.39, 0.29) is 34.5 Å². The lowest BCUT2D eigenvalue weighted by atomic mass is 10.2. The summed E-state index contributed by atoms with van der Waals surface area (Å²) >= 11 is 11.4. The monoisotopic (exact) mass is 285 g/mol. The first-order valence-corrected chi connectivity index (χ1v) is 5.47. The van der Waals surface area contributed by atoms with Gasteiger partial charge in [-0.1, -0.05) is 23.2 Å². The van der Waals surface area contributed by atoms with Gasteiger partial charge in [-0.15, -0.1) is 0 Å². The smallest absolute Gasteiger partial charge is 0.382 e. The number of pyridine rings is 1. The van der Waals surface area contributed by atoms with E-state index in [4.69, 9.17) is 28.9 Å². The summed E-state index contributed by atoms with van der Waals surface area (Å²) in [5, 5.41) is 2.42. The third kappa shape index (κ3) is 2.24. The Morgan fingerprint density at radius 1 is 1.29 bits per heavy atom. The summed E-state index contributed by atoms with van der Waals surface area (Å²) in [5.74, 6) is -0.153. The number of anilines is 2. The van der Waals surface area contributed by atoms with Crippen molar-refractivity contribution in [2.75, 3.05) is 11.1 Å². The first-order chi connectivity index (χ1) is 7.75. The SMILES string of the molecule is Nc1nc(NC2(C(F)(F)F)CC2)c(Cl)cc1Cl. The third-order valence-electron chi connectivity index (χ3n) is 2.61. The van der Waals surface area contributed by atoms with E-state index in [9.17, 15) is 13.2 Å². The highest BCUT2D eigenvalue weighted by molar-refractivity contribution is 6.37. The Labute approximate surface area is 105 Å². The van der Waals surface area contributed by atoms with Crippen LogP contribution in [0.1, 0.15) is 12.8 Å². The molecule has 17 heavy (non-hydrogen) atoms. The van der Waals surface area contributed by atoms with E-state index in [1.165, 1.54) is 6.07 Å². The van der Waals surface area contributed by atoms with Crippen LogP contribution in [-0.4, -0.2) is 16.7 Å². The fourth-order valence-corrected chi connectivity index (χ4v) is 1.81. The van der Waals surface area contributed by atoms with E-state index < -0.39 is 11.7 Å². The highest BCUT2D eigenvalue weighted by Gasteiger charge is 2.63. The van der Waals surface area contributed by atoms with Gasteiger partial charge in [0.05, 0.1) is 10.0 Å². The topological polar surface area (TPSA) is 50.9 Å². The second-order valence-corrected chi connectivity index (χ2v) is 4.71.